The number of rotatable bonds is 4. The van der Waals surface area contributed by atoms with Crippen molar-refractivity contribution in [3.63, 3.8) is 0 Å². The predicted octanol–water partition coefficient (Wildman–Crippen LogP) is 2.47. The lowest BCUT2D eigenvalue weighted by atomic mass is 10.3. The molecule has 0 fully saturated rings. The number of aromatic nitrogens is 6. The van der Waals surface area contributed by atoms with Crippen LogP contribution in [0, 0.1) is 5.82 Å². The Kier molecular flexibility index (Phi) is 4.13. The first kappa shape index (κ1) is 16.5. The van der Waals surface area contributed by atoms with Gasteiger partial charge in [0.05, 0.1) is 0 Å². The van der Waals surface area contributed by atoms with Gasteiger partial charge >= 0.3 is 0 Å². The average molecular weight is 364 g/mol. The Morgan fingerprint density at radius 3 is 2.56 bits per heavy atom. The second kappa shape index (κ2) is 6.75. The van der Waals surface area contributed by atoms with Gasteiger partial charge in [-0.2, -0.15) is 19.9 Å². The van der Waals surface area contributed by atoms with Crippen LogP contribution in [0.15, 0.2) is 53.2 Å². The van der Waals surface area contributed by atoms with Crippen molar-refractivity contribution in [1.29, 1.82) is 0 Å². The number of pyridine rings is 1. The Bertz CT molecular complexity index is 1090. The zero-order valence-corrected chi connectivity index (χ0v) is 14.1. The third kappa shape index (κ3) is 3.27. The minimum absolute atomic E-state index is 0.00634. The second-order valence-corrected chi connectivity index (χ2v) is 5.47. The molecule has 27 heavy (non-hydrogen) atoms. The van der Waals surface area contributed by atoms with Gasteiger partial charge in [0, 0.05) is 18.9 Å². The molecule has 0 aliphatic heterocycles. The highest BCUT2D eigenvalue weighted by Crippen LogP contribution is 2.24. The molecule has 0 aliphatic rings. The molecule has 0 saturated heterocycles. The number of halogens is 1. The molecule has 0 amide bonds. The number of nitrogens with two attached hydrogens (primary N) is 1. The van der Waals surface area contributed by atoms with Gasteiger partial charge < -0.3 is 15.2 Å². The van der Waals surface area contributed by atoms with Crippen molar-refractivity contribution >= 4 is 17.6 Å². The summed E-state index contributed by atoms with van der Waals surface area (Å²) in [5, 5.41) is 3.80. The van der Waals surface area contributed by atoms with E-state index in [1.807, 2.05) is 30.3 Å². The van der Waals surface area contributed by atoms with Gasteiger partial charge in [0.15, 0.2) is 11.5 Å². The summed E-state index contributed by atoms with van der Waals surface area (Å²) in [6.07, 6.45) is 1.43. The van der Waals surface area contributed by atoms with Gasteiger partial charge in [-0.15, -0.1) is 0 Å². The van der Waals surface area contributed by atoms with Gasteiger partial charge in [-0.25, -0.2) is 9.37 Å². The Morgan fingerprint density at radius 2 is 1.78 bits per heavy atom. The maximum absolute atomic E-state index is 13.9. The molecule has 3 aromatic heterocycles. The fourth-order valence-electron chi connectivity index (χ4n) is 2.35. The standard InChI is InChI=1S/C17H13FN8O/c1-26(10-6-3-2-4-7-10)17-23-13(22-16(19)24-17)14-21-15(27-25-14)12-11(18)8-5-9-20-12/h2-9H,1H3,(H2,19,22,23,24). The van der Waals surface area contributed by atoms with Crippen LogP contribution >= 0.6 is 0 Å². The summed E-state index contributed by atoms with van der Waals surface area (Å²) >= 11 is 0. The molecule has 2 N–H and O–H groups in total. The van der Waals surface area contributed by atoms with E-state index < -0.39 is 5.82 Å². The normalized spacial score (nSPS) is 10.7. The van der Waals surface area contributed by atoms with E-state index in [4.69, 9.17) is 10.3 Å². The van der Waals surface area contributed by atoms with E-state index in [2.05, 4.69) is 30.1 Å². The van der Waals surface area contributed by atoms with E-state index in [1.54, 1.807) is 11.9 Å². The average Bonchev–Trinajstić information content (AvgIpc) is 3.18. The summed E-state index contributed by atoms with van der Waals surface area (Å²) in [5.74, 6) is -0.210. The second-order valence-electron chi connectivity index (χ2n) is 5.47. The first-order valence-corrected chi connectivity index (χ1v) is 7.87. The van der Waals surface area contributed by atoms with Crippen LogP contribution in [0.5, 0.6) is 0 Å². The zero-order chi connectivity index (χ0) is 18.8. The SMILES string of the molecule is CN(c1ccccc1)c1nc(N)nc(-c2noc(-c3ncccc3F)n2)n1. The summed E-state index contributed by atoms with van der Waals surface area (Å²) in [7, 11) is 1.79. The quantitative estimate of drug-likeness (QED) is 0.582. The highest BCUT2D eigenvalue weighted by atomic mass is 19.1. The van der Waals surface area contributed by atoms with Crippen molar-refractivity contribution in [3.05, 3.63) is 54.5 Å². The summed E-state index contributed by atoms with van der Waals surface area (Å²) < 4.78 is 18.9. The van der Waals surface area contributed by atoms with Gasteiger partial charge in [0.1, 0.15) is 0 Å². The maximum atomic E-state index is 13.9. The van der Waals surface area contributed by atoms with Gasteiger partial charge in [-0.3, -0.25) is 0 Å². The Balaban J connectivity index is 1.71. The van der Waals surface area contributed by atoms with Crippen LogP contribution in [-0.2, 0) is 0 Å². The van der Waals surface area contributed by atoms with Crippen molar-refractivity contribution in [2.24, 2.45) is 0 Å². The fourth-order valence-corrected chi connectivity index (χ4v) is 2.35. The smallest absolute Gasteiger partial charge is 0.279 e. The molecular weight excluding hydrogens is 351 g/mol. The van der Waals surface area contributed by atoms with Crippen LogP contribution in [-0.4, -0.2) is 37.1 Å². The first-order chi connectivity index (χ1) is 13.1. The predicted molar refractivity (Wildman–Crippen MR) is 95.2 cm³/mol. The number of para-hydroxylation sites is 1. The monoisotopic (exact) mass is 364 g/mol. The molecule has 9 nitrogen and oxygen atoms in total. The first-order valence-electron chi connectivity index (χ1n) is 7.87. The number of hydrogen-bond donors (Lipinski definition) is 1. The number of nitrogen functional groups attached to an aromatic ring is 1. The van der Waals surface area contributed by atoms with E-state index in [1.165, 1.54) is 18.3 Å². The maximum Gasteiger partial charge on any atom is 0.279 e. The van der Waals surface area contributed by atoms with E-state index in [9.17, 15) is 4.39 Å². The highest BCUT2D eigenvalue weighted by molar-refractivity contribution is 5.59. The van der Waals surface area contributed by atoms with Crippen LogP contribution < -0.4 is 10.6 Å². The Labute approximate surface area is 152 Å². The topological polar surface area (TPSA) is 120 Å². The van der Waals surface area contributed by atoms with Gasteiger partial charge in [0.25, 0.3) is 5.89 Å². The summed E-state index contributed by atoms with van der Waals surface area (Å²) in [6, 6.07) is 12.2. The van der Waals surface area contributed by atoms with Gasteiger partial charge in [-0.05, 0) is 24.3 Å². The van der Waals surface area contributed by atoms with Crippen LogP contribution in [0.1, 0.15) is 0 Å². The van der Waals surface area contributed by atoms with Crippen molar-refractivity contribution in [3.8, 4) is 23.2 Å². The lowest BCUT2D eigenvalue weighted by Crippen LogP contribution is -2.15. The largest absolute Gasteiger partial charge is 0.368 e. The molecule has 0 bridgehead atoms. The van der Waals surface area contributed by atoms with Crippen molar-refractivity contribution in [1.82, 2.24) is 30.1 Å². The molecule has 0 atom stereocenters. The Morgan fingerprint density at radius 1 is 0.963 bits per heavy atom. The molecule has 10 heteroatoms. The van der Waals surface area contributed by atoms with Crippen molar-refractivity contribution in [2.75, 3.05) is 17.7 Å². The highest BCUT2D eigenvalue weighted by Gasteiger charge is 2.19. The molecule has 0 unspecified atom stereocenters. The summed E-state index contributed by atoms with van der Waals surface area (Å²) in [5.41, 5.74) is 6.61. The molecule has 0 saturated carbocycles. The van der Waals surface area contributed by atoms with Gasteiger partial charge in [0.2, 0.25) is 23.5 Å². The summed E-state index contributed by atoms with van der Waals surface area (Å²) in [6.45, 7) is 0. The molecule has 134 valence electrons. The summed E-state index contributed by atoms with van der Waals surface area (Å²) in [4.78, 5) is 22.3. The molecule has 0 radical (unpaired) electrons. The third-order valence-electron chi connectivity index (χ3n) is 3.67. The molecular formula is C17H13FN8O. The zero-order valence-electron chi connectivity index (χ0n) is 14.1. The van der Waals surface area contributed by atoms with Crippen molar-refractivity contribution in [2.45, 2.75) is 0 Å². The lowest BCUT2D eigenvalue weighted by Gasteiger charge is -2.17. The molecule has 3 heterocycles. The van der Waals surface area contributed by atoms with Crippen LogP contribution in [0.2, 0.25) is 0 Å². The molecule has 4 rings (SSSR count). The number of nitrogens with zero attached hydrogens (tertiary/aromatic N) is 7. The van der Waals surface area contributed by atoms with Crippen LogP contribution in [0.25, 0.3) is 23.2 Å². The lowest BCUT2D eigenvalue weighted by molar-refractivity contribution is 0.427. The van der Waals surface area contributed by atoms with E-state index in [-0.39, 0.29) is 29.2 Å². The number of anilines is 3. The minimum atomic E-state index is -0.577. The molecule has 0 aliphatic carbocycles. The minimum Gasteiger partial charge on any atom is -0.368 e. The van der Waals surface area contributed by atoms with Crippen LogP contribution in [0.4, 0.5) is 22.0 Å². The van der Waals surface area contributed by atoms with E-state index >= 15 is 0 Å². The van der Waals surface area contributed by atoms with Crippen LogP contribution in [0.3, 0.4) is 0 Å². The molecule has 4 aromatic rings. The molecule has 1 aromatic carbocycles. The molecule has 0 spiro atoms. The number of hydrogen-bond acceptors (Lipinski definition) is 9. The van der Waals surface area contributed by atoms with Crippen molar-refractivity contribution < 1.29 is 8.91 Å². The Hall–Kier alpha value is -3.95. The fraction of sp³-hybridized carbons (Fsp3) is 0.0588. The van der Waals surface area contributed by atoms with Gasteiger partial charge in [-0.1, -0.05) is 23.4 Å². The number of benzene rings is 1. The van der Waals surface area contributed by atoms with E-state index in [0.717, 1.165) is 5.69 Å². The van der Waals surface area contributed by atoms with E-state index in [0.29, 0.717) is 5.95 Å². The third-order valence-corrected chi connectivity index (χ3v) is 3.67.